The molecule has 1 fully saturated rings. The van der Waals surface area contributed by atoms with Crippen molar-refractivity contribution < 1.29 is 9.84 Å². The molecule has 0 amide bonds. The van der Waals surface area contributed by atoms with Gasteiger partial charge in [0.05, 0.1) is 7.11 Å². The van der Waals surface area contributed by atoms with Gasteiger partial charge in [0.15, 0.2) is 0 Å². The molecule has 3 rings (SSSR count). The highest BCUT2D eigenvalue weighted by atomic mass is 35.5. The van der Waals surface area contributed by atoms with Crippen molar-refractivity contribution in [2.75, 3.05) is 26.1 Å². The Balaban J connectivity index is 1.76. The molecule has 0 saturated carbocycles. The van der Waals surface area contributed by atoms with Gasteiger partial charge in [-0.25, -0.2) is 0 Å². The maximum Gasteiger partial charge on any atom is 0.126 e. The van der Waals surface area contributed by atoms with E-state index in [2.05, 4.69) is 29.2 Å². The number of phenolic OH excluding ortho intramolecular Hbond substituents is 1. The van der Waals surface area contributed by atoms with Gasteiger partial charge in [-0.15, -0.1) is 11.6 Å². The maximum atomic E-state index is 10.4. The molecule has 1 saturated heterocycles. The van der Waals surface area contributed by atoms with Crippen LogP contribution in [-0.4, -0.2) is 36.1 Å². The zero-order valence-electron chi connectivity index (χ0n) is 14.0. The van der Waals surface area contributed by atoms with E-state index in [0.29, 0.717) is 17.5 Å². The van der Waals surface area contributed by atoms with Crippen molar-refractivity contribution >= 4 is 11.6 Å². The number of aromatic hydroxyl groups is 1. The number of phenols is 1. The van der Waals surface area contributed by atoms with Gasteiger partial charge in [-0.3, -0.25) is 4.90 Å². The number of alkyl halides is 1. The van der Waals surface area contributed by atoms with Crippen molar-refractivity contribution in [1.29, 1.82) is 0 Å². The number of likely N-dealkylation sites (tertiary alicyclic amines) is 1. The summed E-state index contributed by atoms with van der Waals surface area (Å²) in [6.45, 7) is 2.86. The summed E-state index contributed by atoms with van der Waals surface area (Å²) >= 11 is 6.29. The topological polar surface area (TPSA) is 32.7 Å². The van der Waals surface area contributed by atoms with Gasteiger partial charge in [-0.1, -0.05) is 36.4 Å². The van der Waals surface area contributed by atoms with Crippen LogP contribution < -0.4 is 4.74 Å². The lowest BCUT2D eigenvalue weighted by molar-refractivity contribution is 0.155. The minimum absolute atomic E-state index is 0.227. The average molecular weight is 346 g/mol. The summed E-state index contributed by atoms with van der Waals surface area (Å²) in [4.78, 5) is 2.45. The molecular formula is C20H24ClNO2. The van der Waals surface area contributed by atoms with E-state index in [9.17, 15) is 5.11 Å². The van der Waals surface area contributed by atoms with Crippen LogP contribution in [0.15, 0.2) is 48.5 Å². The van der Waals surface area contributed by atoms with Gasteiger partial charge in [-0.05, 0) is 42.5 Å². The van der Waals surface area contributed by atoms with E-state index in [0.717, 1.165) is 37.4 Å². The van der Waals surface area contributed by atoms with Gasteiger partial charge in [0, 0.05) is 24.5 Å². The monoisotopic (exact) mass is 345 g/mol. The third-order valence-corrected chi connectivity index (χ3v) is 5.30. The molecule has 0 aliphatic carbocycles. The Morgan fingerprint density at radius 1 is 1.17 bits per heavy atom. The van der Waals surface area contributed by atoms with Crippen LogP contribution >= 0.6 is 11.6 Å². The second-order valence-electron chi connectivity index (χ2n) is 6.42. The van der Waals surface area contributed by atoms with Gasteiger partial charge in [-0.2, -0.15) is 0 Å². The molecular weight excluding hydrogens is 322 g/mol. The highest BCUT2D eigenvalue weighted by molar-refractivity contribution is 6.18. The first-order valence-electron chi connectivity index (χ1n) is 8.41. The molecule has 1 aliphatic rings. The van der Waals surface area contributed by atoms with Crippen molar-refractivity contribution in [3.8, 4) is 11.5 Å². The number of hydrogen-bond acceptors (Lipinski definition) is 3. The molecule has 1 heterocycles. The molecule has 1 N–H and O–H groups in total. The van der Waals surface area contributed by atoms with Gasteiger partial charge in [0.25, 0.3) is 0 Å². The van der Waals surface area contributed by atoms with Gasteiger partial charge >= 0.3 is 0 Å². The lowest BCUT2D eigenvalue weighted by Crippen LogP contribution is -2.40. The molecule has 128 valence electrons. The fraction of sp³-hybridized carbons (Fsp3) is 0.400. The molecule has 0 aromatic heterocycles. The molecule has 3 nitrogen and oxygen atoms in total. The number of hydrogen-bond donors (Lipinski definition) is 1. The van der Waals surface area contributed by atoms with E-state index in [1.54, 1.807) is 13.2 Å². The Hall–Kier alpha value is -1.71. The molecule has 0 radical (unpaired) electrons. The fourth-order valence-electron chi connectivity index (χ4n) is 3.71. The minimum Gasteiger partial charge on any atom is -0.508 e. The Morgan fingerprint density at radius 2 is 1.96 bits per heavy atom. The van der Waals surface area contributed by atoms with E-state index in [-0.39, 0.29) is 5.92 Å². The van der Waals surface area contributed by atoms with Gasteiger partial charge < -0.3 is 9.84 Å². The Kier molecular flexibility index (Phi) is 5.64. The molecule has 1 aliphatic heterocycles. The Labute approximate surface area is 148 Å². The van der Waals surface area contributed by atoms with E-state index in [1.165, 1.54) is 5.56 Å². The number of piperidine rings is 1. The van der Waals surface area contributed by atoms with E-state index >= 15 is 0 Å². The normalized spacial score (nSPS) is 21.6. The van der Waals surface area contributed by atoms with Crippen molar-refractivity contribution in [1.82, 2.24) is 4.90 Å². The summed E-state index contributed by atoms with van der Waals surface area (Å²) in [5.74, 6) is 2.17. The molecule has 2 atom stereocenters. The van der Waals surface area contributed by atoms with Crippen molar-refractivity contribution in [2.45, 2.75) is 18.9 Å². The standard InChI is InChI=1S/C20H24ClNO2/c1-24-19-9-5-8-18(23)20(19)17-10-11-22(14-16(17)12-21)13-15-6-3-2-4-7-15/h2-9,16-17,23H,10-14H2,1H3/t16-,17?/m1/s1. The highest BCUT2D eigenvalue weighted by Gasteiger charge is 2.33. The molecule has 1 unspecified atom stereocenters. The summed E-state index contributed by atoms with van der Waals surface area (Å²) in [5, 5.41) is 10.4. The number of halogens is 1. The van der Waals surface area contributed by atoms with Crippen LogP contribution in [0.4, 0.5) is 0 Å². The quantitative estimate of drug-likeness (QED) is 0.822. The van der Waals surface area contributed by atoms with Crippen LogP contribution in [0.25, 0.3) is 0 Å². The first-order valence-corrected chi connectivity index (χ1v) is 8.94. The molecule has 2 aromatic rings. The number of ether oxygens (including phenoxy) is 1. The lowest BCUT2D eigenvalue weighted by Gasteiger charge is -2.38. The summed E-state index contributed by atoms with van der Waals surface area (Å²) in [6, 6.07) is 16.0. The van der Waals surface area contributed by atoms with Crippen LogP contribution in [0.5, 0.6) is 11.5 Å². The van der Waals surface area contributed by atoms with Gasteiger partial charge in [0.1, 0.15) is 11.5 Å². The maximum absolute atomic E-state index is 10.4. The van der Waals surface area contributed by atoms with E-state index in [1.807, 2.05) is 18.2 Å². The number of methoxy groups -OCH3 is 1. The predicted octanol–water partition coefficient (Wildman–Crippen LogP) is 4.25. The molecule has 0 spiro atoms. The summed E-state index contributed by atoms with van der Waals surface area (Å²) in [5.41, 5.74) is 2.23. The minimum atomic E-state index is 0.227. The van der Waals surface area contributed by atoms with Crippen LogP contribution in [0.3, 0.4) is 0 Å². The van der Waals surface area contributed by atoms with E-state index < -0.39 is 0 Å². The second kappa shape index (κ2) is 7.91. The first-order chi connectivity index (χ1) is 11.7. The Bertz CT molecular complexity index is 662. The molecule has 2 aromatic carbocycles. The van der Waals surface area contributed by atoms with Crippen molar-refractivity contribution in [2.24, 2.45) is 5.92 Å². The van der Waals surface area contributed by atoms with Gasteiger partial charge in [0.2, 0.25) is 0 Å². The predicted molar refractivity (Wildman–Crippen MR) is 97.9 cm³/mol. The summed E-state index contributed by atoms with van der Waals surface area (Å²) < 4.78 is 5.48. The number of rotatable bonds is 5. The third kappa shape index (κ3) is 3.68. The molecule has 24 heavy (non-hydrogen) atoms. The lowest BCUT2D eigenvalue weighted by atomic mass is 9.80. The van der Waals surface area contributed by atoms with E-state index in [4.69, 9.17) is 16.3 Å². The zero-order valence-corrected chi connectivity index (χ0v) is 14.7. The summed E-state index contributed by atoms with van der Waals surface area (Å²) in [6.07, 6.45) is 0.970. The summed E-state index contributed by atoms with van der Waals surface area (Å²) in [7, 11) is 1.65. The van der Waals surface area contributed by atoms with Crippen LogP contribution in [0, 0.1) is 5.92 Å². The highest BCUT2D eigenvalue weighted by Crippen LogP contribution is 2.43. The smallest absolute Gasteiger partial charge is 0.126 e. The third-order valence-electron chi connectivity index (χ3n) is 4.90. The Morgan fingerprint density at radius 3 is 2.67 bits per heavy atom. The second-order valence-corrected chi connectivity index (χ2v) is 6.73. The number of nitrogens with zero attached hydrogens (tertiary/aromatic N) is 1. The molecule has 4 heteroatoms. The van der Waals surface area contributed by atoms with Crippen LogP contribution in [0.1, 0.15) is 23.5 Å². The zero-order chi connectivity index (χ0) is 16.9. The van der Waals surface area contributed by atoms with Crippen molar-refractivity contribution in [3.05, 3.63) is 59.7 Å². The SMILES string of the molecule is COc1cccc(O)c1C1CCN(Cc2ccccc2)C[C@H]1CCl. The molecule has 0 bridgehead atoms. The largest absolute Gasteiger partial charge is 0.508 e. The fourth-order valence-corrected chi connectivity index (χ4v) is 4.02. The van der Waals surface area contributed by atoms with Crippen LogP contribution in [0.2, 0.25) is 0 Å². The van der Waals surface area contributed by atoms with Crippen molar-refractivity contribution in [3.63, 3.8) is 0 Å². The average Bonchev–Trinajstić information content (AvgIpc) is 2.62. The number of benzene rings is 2. The first kappa shape index (κ1) is 17.1. The van der Waals surface area contributed by atoms with Crippen LogP contribution in [-0.2, 0) is 6.54 Å².